The van der Waals surface area contributed by atoms with Crippen LogP contribution in [0.1, 0.15) is 24.4 Å². The highest BCUT2D eigenvalue weighted by Crippen LogP contribution is 2.31. The Balaban J connectivity index is 2.42. The number of nitrogens with zero attached hydrogens (tertiary/aromatic N) is 2. The Morgan fingerprint density at radius 2 is 2.00 bits per heavy atom. The van der Waals surface area contributed by atoms with Crippen molar-refractivity contribution in [1.82, 2.24) is 14.9 Å². The van der Waals surface area contributed by atoms with E-state index in [0.29, 0.717) is 0 Å². The molecule has 0 saturated heterocycles. The summed E-state index contributed by atoms with van der Waals surface area (Å²) in [6.07, 6.45) is 3.81. The number of nitrogens with one attached hydrogen (secondary N) is 1. The van der Waals surface area contributed by atoms with E-state index in [1.807, 2.05) is 37.6 Å². The Hall–Kier alpha value is -2.01. The molecule has 20 heavy (non-hydrogen) atoms. The van der Waals surface area contributed by atoms with Gasteiger partial charge in [-0.1, -0.05) is 6.07 Å². The molecule has 1 N–H and O–H groups in total. The van der Waals surface area contributed by atoms with Crippen molar-refractivity contribution in [2.24, 2.45) is 0 Å². The second-order valence-electron chi connectivity index (χ2n) is 4.41. The van der Waals surface area contributed by atoms with Gasteiger partial charge >= 0.3 is 0 Å². The summed E-state index contributed by atoms with van der Waals surface area (Å²) >= 11 is 0. The van der Waals surface area contributed by atoms with E-state index in [1.165, 1.54) is 0 Å². The predicted molar refractivity (Wildman–Crippen MR) is 78.3 cm³/mol. The first kappa shape index (κ1) is 14.4. The maximum Gasteiger partial charge on any atom is 0.161 e. The first-order valence-corrected chi connectivity index (χ1v) is 6.65. The van der Waals surface area contributed by atoms with Gasteiger partial charge in [0.1, 0.15) is 5.82 Å². The highest BCUT2D eigenvalue weighted by Gasteiger charge is 2.18. The SMILES string of the molecule is CCn1ccnc1C(NC)c1ccc(OC)c(OC)c1. The zero-order valence-corrected chi connectivity index (χ0v) is 12.4. The van der Waals surface area contributed by atoms with E-state index >= 15 is 0 Å². The van der Waals surface area contributed by atoms with Crippen molar-refractivity contribution in [2.75, 3.05) is 21.3 Å². The van der Waals surface area contributed by atoms with Crippen molar-refractivity contribution in [3.8, 4) is 11.5 Å². The lowest BCUT2D eigenvalue weighted by molar-refractivity contribution is 0.354. The molecule has 5 heteroatoms. The van der Waals surface area contributed by atoms with Crippen LogP contribution in [0.15, 0.2) is 30.6 Å². The van der Waals surface area contributed by atoms with Gasteiger partial charge in [0, 0.05) is 18.9 Å². The van der Waals surface area contributed by atoms with E-state index in [1.54, 1.807) is 14.2 Å². The summed E-state index contributed by atoms with van der Waals surface area (Å²) in [4.78, 5) is 4.46. The van der Waals surface area contributed by atoms with Gasteiger partial charge in [-0.15, -0.1) is 0 Å². The molecule has 0 bridgehead atoms. The number of rotatable bonds is 6. The predicted octanol–water partition coefficient (Wildman–Crippen LogP) is 2.23. The van der Waals surface area contributed by atoms with Crippen LogP contribution in [0.4, 0.5) is 0 Å². The van der Waals surface area contributed by atoms with Crippen LogP contribution in [-0.2, 0) is 6.54 Å². The molecule has 0 amide bonds. The third-order valence-electron chi connectivity index (χ3n) is 3.38. The molecule has 108 valence electrons. The molecule has 1 aromatic heterocycles. The molecule has 0 fully saturated rings. The van der Waals surface area contributed by atoms with E-state index in [9.17, 15) is 0 Å². The average Bonchev–Trinajstić information content (AvgIpc) is 2.96. The third-order valence-corrected chi connectivity index (χ3v) is 3.38. The lowest BCUT2D eigenvalue weighted by atomic mass is 10.1. The van der Waals surface area contributed by atoms with Crippen LogP contribution in [0, 0.1) is 0 Å². The summed E-state index contributed by atoms with van der Waals surface area (Å²) in [5.74, 6) is 2.44. The monoisotopic (exact) mass is 275 g/mol. The zero-order chi connectivity index (χ0) is 14.5. The van der Waals surface area contributed by atoms with Crippen molar-refractivity contribution in [3.63, 3.8) is 0 Å². The second-order valence-corrected chi connectivity index (χ2v) is 4.41. The molecule has 2 rings (SSSR count). The number of ether oxygens (including phenoxy) is 2. The van der Waals surface area contributed by atoms with E-state index in [0.717, 1.165) is 29.4 Å². The van der Waals surface area contributed by atoms with Gasteiger partial charge in [-0.25, -0.2) is 4.98 Å². The summed E-state index contributed by atoms with van der Waals surface area (Å²) in [6, 6.07) is 5.94. The molecule has 0 radical (unpaired) electrons. The lowest BCUT2D eigenvalue weighted by Gasteiger charge is -2.19. The van der Waals surface area contributed by atoms with E-state index in [2.05, 4.69) is 21.8 Å². The molecule has 0 aliphatic heterocycles. The molecule has 5 nitrogen and oxygen atoms in total. The quantitative estimate of drug-likeness (QED) is 0.878. The summed E-state index contributed by atoms with van der Waals surface area (Å²) in [5.41, 5.74) is 1.09. The molecular formula is C15H21N3O2. The first-order valence-electron chi connectivity index (χ1n) is 6.65. The Morgan fingerprint density at radius 3 is 2.60 bits per heavy atom. The second kappa shape index (κ2) is 6.43. The minimum absolute atomic E-state index is 0.0183. The van der Waals surface area contributed by atoms with Gasteiger partial charge < -0.3 is 19.4 Å². The molecule has 1 unspecified atom stereocenters. The third kappa shape index (κ3) is 2.63. The van der Waals surface area contributed by atoms with Gasteiger partial charge in [-0.05, 0) is 31.7 Å². The molecule has 0 spiro atoms. The molecule has 1 atom stereocenters. The highest BCUT2D eigenvalue weighted by molar-refractivity contribution is 5.44. The van der Waals surface area contributed by atoms with Crippen molar-refractivity contribution in [2.45, 2.75) is 19.5 Å². The van der Waals surface area contributed by atoms with Crippen molar-refractivity contribution >= 4 is 0 Å². The standard InChI is InChI=1S/C15H21N3O2/c1-5-18-9-8-17-15(18)14(16-2)11-6-7-12(19-3)13(10-11)20-4/h6-10,14,16H,5H2,1-4H3. The van der Waals surface area contributed by atoms with E-state index in [-0.39, 0.29) is 6.04 Å². The number of aryl methyl sites for hydroxylation is 1. The van der Waals surface area contributed by atoms with Gasteiger partial charge in [-0.3, -0.25) is 0 Å². The summed E-state index contributed by atoms with van der Waals surface area (Å²) in [6.45, 7) is 2.99. The number of aromatic nitrogens is 2. The fourth-order valence-electron chi connectivity index (χ4n) is 2.33. The molecule has 0 aliphatic rings. The van der Waals surface area contributed by atoms with Crippen LogP contribution in [0.25, 0.3) is 0 Å². The molecule has 2 aromatic rings. The first-order chi connectivity index (χ1) is 9.74. The maximum absolute atomic E-state index is 5.37. The number of benzene rings is 1. The van der Waals surface area contributed by atoms with Crippen LogP contribution in [0.2, 0.25) is 0 Å². The summed E-state index contributed by atoms with van der Waals surface area (Å²) < 4.78 is 12.8. The van der Waals surface area contributed by atoms with Gasteiger partial charge in [0.05, 0.1) is 20.3 Å². The normalized spacial score (nSPS) is 12.2. The summed E-state index contributed by atoms with van der Waals surface area (Å²) in [5, 5.41) is 3.30. The van der Waals surface area contributed by atoms with Crippen LogP contribution in [-0.4, -0.2) is 30.8 Å². The zero-order valence-electron chi connectivity index (χ0n) is 12.4. The fourth-order valence-corrected chi connectivity index (χ4v) is 2.33. The highest BCUT2D eigenvalue weighted by atomic mass is 16.5. The Morgan fingerprint density at radius 1 is 1.25 bits per heavy atom. The number of imidazole rings is 1. The smallest absolute Gasteiger partial charge is 0.161 e. The molecular weight excluding hydrogens is 254 g/mol. The number of hydrogen-bond acceptors (Lipinski definition) is 4. The van der Waals surface area contributed by atoms with Crippen LogP contribution in [0.5, 0.6) is 11.5 Å². The van der Waals surface area contributed by atoms with Gasteiger partial charge in [0.2, 0.25) is 0 Å². The lowest BCUT2D eigenvalue weighted by Crippen LogP contribution is -2.21. The Labute approximate surface area is 119 Å². The Bertz CT molecular complexity index is 566. The van der Waals surface area contributed by atoms with Crippen molar-refractivity contribution in [3.05, 3.63) is 42.0 Å². The fraction of sp³-hybridized carbons (Fsp3) is 0.400. The number of hydrogen-bond donors (Lipinski definition) is 1. The molecule has 1 aromatic carbocycles. The van der Waals surface area contributed by atoms with Crippen molar-refractivity contribution < 1.29 is 9.47 Å². The molecule has 0 aliphatic carbocycles. The maximum atomic E-state index is 5.37. The van der Waals surface area contributed by atoms with Gasteiger partial charge in [0.25, 0.3) is 0 Å². The van der Waals surface area contributed by atoms with Crippen molar-refractivity contribution in [1.29, 1.82) is 0 Å². The van der Waals surface area contributed by atoms with Crippen LogP contribution < -0.4 is 14.8 Å². The topological polar surface area (TPSA) is 48.3 Å². The van der Waals surface area contributed by atoms with Gasteiger partial charge in [-0.2, -0.15) is 0 Å². The Kier molecular flexibility index (Phi) is 4.63. The largest absolute Gasteiger partial charge is 0.493 e. The average molecular weight is 275 g/mol. The minimum Gasteiger partial charge on any atom is -0.493 e. The number of methoxy groups -OCH3 is 2. The molecule has 0 saturated carbocycles. The van der Waals surface area contributed by atoms with E-state index < -0.39 is 0 Å². The van der Waals surface area contributed by atoms with Crippen LogP contribution >= 0.6 is 0 Å². The minimum atomic E-state index is 0.0183. The van der Waals surface area contributed by atoms with Gasteiger partial charge in [0.15, 0.2) is 11.5 Å². The van der Waals surface area contributed by atoms with Crippen LogP contribution in [0.3, 0.4) is 0 Å². The van der Waals surface area contributed by atoms with E-state index in [4.69, 9.17) is 9.47 Å². The molecule has 1 heterocycles. The summed E-state index contributed by atoms with van der Waals surface area (Å²) in [7, 11) is 5.20.